The summed E-state index contributed by atoms with van der Waals surface area (Å²) in [6.07, 6.45) is 0. The number of aromatic hydroxyl groups is 1. The number of aryl methyl sites for hydroxylation is 2. The maximum atomic E-state index is 9.96. The van der Waals surface area contributed by atoms with Gasteiger partial charge in [-0.05, 0) is 37.6 Å². The molecule has 0 fully saturated rings. The highest BCUT2D eigenvalue weighted by Crippen LogP contribution is 2.28. The number of aromatic nitrogens is 5. The highest BCUT2D eigenvalue weighted by atomic mass is 16.3. The normalized spacial score (nSPS) is 11.0. The minimum atomic E-state index is 0.143. The van der Waals surface area contributed by atoms with Crippen molar-refractivity contribution >= 4 is 28.6 Å². The third-order valence-electron chi connectivity index (χ3n) is 3.98. The molecule has 0 saturated heterocycles. The van der Waals surface area contributed by atoms with Crippen LogP contribution < -0.4 is 11.1 Å². The van der Waals surface area contributed by atoms with E-state index in [0.717, 1.165) is 16.6 Å². The lowest BCUT2D eigenvalue weighted by Crippen LogP contribution is -2.10. The molecule has 0 unspecified atom stereocenters. The summed E-state index contributed by atoms with van der Waals surface area (Å²) in [6.45, 7) is 3.59. The van der Waals surface area contributed by atoms with Crippen molar-refractivity contribution in [1.29, 1.82) is 0 Å². The Balaban J connectivity index is 1.90. The molecule has 130 valence electrons. The Morgan fingerprint density at radius 2 is 1.81 bits per heavy atom. The van der Waals surface area contributed by atoms with Crippen LogP contribution >= 0.6 is 0 Å². The van der Waals surface area contributed by atoms with Gasteiger partial charge in [0.05, 0.1) is 11.0 Å². The fourth-order valence-corrected chi connectivity index (χ4v) is 2.72. The average molecular weight is 347 g/mol. The summed E-state index contributed by atoms with van der Waals surface area (Å²) in [5.41, 5.74) is 8.90. The largest absolute Gasteiger partial charge is 0.508 e. The van der Waals surface area contributed by atoms with Crippen LogP contribution in [0.3, 0.4) is 0 Å². The molecule has 2 aromatic heterocycles. The molecule has 8 heteroatoms. The number of nitrogens with one attached hydrogen (secondary N) is 1. The second kappa shape index (κ2) is 5.99. The number of benzene rings is 2. The van der Waals surface area contributed by atoms with Gasteiger partial charge in [0.1, 0.15) is 11.6 Å². The third-order valence-corrected chi connectivity index (χ3v) is 3.98. The first kappa shape index (κ1) is 15.8. The van der Waals surface area contributed by atoms with Gasteiger partial charge < -0.3 is 16.2 Å². The van der Waals surface area contributed by atoms with E-state index in [-0.39, 0.29) is 11.7 Å². The zero-order chi connectivity index (χ0) is 18.3. The van der Waals surface area contributed by atoms with Gasteiger partial charge in [-0.25, -0.2) is 9.55 Å². The van der Waals surface area contributed by atoms with Gasteiger partial charge in [0.25, 0.3) is 0 Å². The fraction of sp³-hybridized carbons (Fsp3) is 0.111. The zero-order valence-electron chi connectivity index (χ0n) is 14.3. The van der Waals surface area contributed by atoms with Crippen molar-refractivity contribution in [3.8, 4) is 11.7 Å². The van der Waals surface area contributed by atoms with Crippen LogP contribution in [-0.2, 0) is 0 Å². The average Bonchev–Trinajstić information content (AvgIpc) is 2.95. The number of nitrogen functional groups attached to an aromatic ring is 1. The van der Waals surface area contributed by atoms with E-state index < -0.39 is 0 Å². The minimum Gasteiger partial charge on any atom is -0.508 e. The van der Waals surface area contributed by atoms with E-state index >= 15 is 0 Å². The fourth-order valence-electron chi connectivity index (χ4n) is 2.72. The topological polar surface area (TPSA) is 115 Å². The minimum absolute atomic E-state index is 0.143. The van der Waals surface area contributed by atoms with E-state index in [1.54, 1.807) is 17.6 Å². The van der Waals surface area contributed by atoms with Crippen LogP contribution in [0.2, 0.25) is 0 Å². The number of hydrogen-bond donors (Lipinski definition) is 3. The second-order valence-corrected chi connectivity index (χ2v) is 5.93. The Morgan fingerprint density at radius 1 is 1.00 bits per heavy atom. The van der Waals surface area contributed by atoms with Crippen LogP contribution in [0.15, 0.2) is 42.5 Å². The van der Waals surface area contributed by atoms with Gasteiger partial charge >= 0.3 is 0 Å². The number of hydrogen-bond acceptors (Lipinski definition) is 7. The van der Waals surface area contributed by atoms with Crippen LogP contribution in [0, 0.1) is 13.8 Å². The summed E-state index contributed by atoms with van der Waals surface area (Å²) in [7, 11) is 0. The Hall–Kier alpha value is -3.68. The number of anilines is 3. The summed E-state index contributed by atoms with van der Waals surface area (Å²) in [5.74, 6) is 1.76. The van der Waals surface area contributed by atoms with Gasteiger partial charge in [-0.3, -0.25) is 0 Å². The quantitative estimate of drug-likeness (QED) is 0.522. The molecule has 8 nitrogen and oxygen atoms in total. The molecule has 2 heterocycles. The van der Waals surface area contributed by atoms with Crippen molar-refractivity contribution in [1.82, 2.24) is 24.5 Å². The Morgan fingerprint density at radius 3 is 2.58 bits per heavy atom. The molecule has 4 aromatic rings. The maximum absolute atomic E-state index is 9.96. The van der Waals surface area contributed by atoms with Crippen molar-refractivity contribution in [3.63, 3.8) is 0 Å². The molecule has 0 bridgehead atoms. The Labute approximate surface area is 149 Å². The van der Waals surface area contributed by atoms with Gasteiger partial charge in [-0.1, -0.05) is 18.2 Å². The molecule has 0 aliphatic rings. The van der Waals surface area contributed by atoms with Crippen LogP contribution in [0.4, 0.5) is 17.6 Å². The van der Waals surface area contributed by atoms with Gasteiger partial charge in [0.15, 0.2) is 0 Å². The van der Waals surface area contributed by atoms with Crippen molar-refractivity contribution in [3.05, 3.63) is 53.9 Å². The lowest BCUT2D eigenvalue weighted by atomic mass is 10.2. The van der Waals surface area contributed by atoms with E-state index in [0.29, 0.717) is 23.4 Å². The smallest absolute Gasteiger partial charge is 0.242 e. The molecular weight excluding hydrogens is 330 g/mol. The van der Waals surface area contributed by atoms with Gasteiger partial charge in [-0.2, -0.15) is 15.0 Å². The standard InChI is InChI=1S/C18H17N7O/c1-10-7-8-12(9-15(10)26)22-18-23-13-5-3-4-6-14(13)25(18)17-21-11(2)20-16(19)24-17/h3-9,26H,1-2H3,(H,22,23)(H2,19,20,21,24). The molecule has 2 aromatic carbocycles. The lowest BCUT2D eigenvalue weighted by molar-refractivity contribution is 0.471. The predicted molar refractivity (Wildman–Crippen MR) is 99.7 cm³/mol. The number of phenolic OH excluding ortho intramolecular Hbond substituents is 1. The highest BCUT2D eigenvalue weighted by molar-refractivity contribution is 5.81. The molecule has 0 saturated carbocycles. The van der Waals surface area contributed by atoms with E-state index in [1.807, 2.05) is 43.3 Å². The summed E-state index contributed by atoms with van der Waals surface area (Å²) in [4.78, 5) is 17.3. The second-order valence-electron chi connectivity index (χ2n) is 5.93. The lowest BCUT2D eigenvalue weighted by Gasteiger charge is -2.11. The molecule has 0 aliphatic carbocycles. The van der Waals surface area contributed by atoms with E-state index in [9.17, 15) is 5.11 Å². The SMILES string of the molecule is Cc1nc(N)nc(-n2c(Nc3ccc(C)c(O)c3)nc3ccccc32)n1. The van der Waals surface area contributed by atoms with Gasteiger partial charge in [0.2, 0.25) is 17.8 Å². The number of fused-ring (bicyclic) bond motifs is 1. The van der Waals surface area contributed by atoms with Crippen molar-refractivity contribution in [2.75, 3.05) is 11.1 Å². The van der Waals surface area contributed by atoms with Crippen molar-refractivity contribution in [2.45, 2.75) is 13.8 Å². The summed E-state index contributed by atoms with van der Waals surface area (Å²) < 4.78 is 1.78. The van der Waals surface area contributed by atoms with Crippen molar-refractivity contribution < 1.29 is 5.11 Å². The molecule has 0 amide bonds. The Bertz CT molecular complexity index is 1100. The van der Waals surface area contributed by atoms with Gasteiger partial charge in [0, 0.05) is 11.8 Å². The van der Waals surface area contributed by atoms with Crippen molar-refractivity contribution in [2.24, 2.45) is 0 Å². The summed E-state index contributed by atoms with van der Waals surface area (Å²) in [5, 5.41) is 13.2. The number of rotatable bonds is 3. The summed E-state index contributed by atoms with van der Waals surface area (Å²) >= 11 is 0. The van der Waals surface area contributed by atoms with E-state index in [4.69, 9.17) is 5.73 Å². The third kappa shape index (κ3) is 2.77. The summed E-state index contributed by atoms with van der Waals surface area (Å²) in [6, 6.07) is 13.0. The highest BCUT2D eigenvalue weighted by Gasteiger charge is 2.16. The maximum Gasteiger partial charge on any atom is 0.242 e. The van der Waals surface area contributed by atoms with Crippen LogP contribution in [-0.4, -0.2) is 29.6 Å². The zero-order valence-corrected chi connectivity index (χ0v) is 14.3. The van der Waals surface area contributed by atoms with Crippen LogP contribution in [0.1, 0.15) is 11.4 Å². The number of para-hydroxylation sites is 2. The van der Waals surface area contributed by atoms with E-state index in [2.05, 4.69) is 25.3 Å². The molecule has 4 N–H and O–H groups in total. The number of nitrogens with zero attached hydrogens (tertiary/aromatic N) is 5. The predicted octanol–water partition coefficient (Wildman–Crippen LogP) is 2.86. The molecule has 4 rings (SSSR count). The van der Waals surface area contributed by atoms with Crippen LogP contribution in [0.5, 0.6) is 5.75 Å². The van der Waals surface area contributed by atoms with E-state index in [1.165, 1.54) is 0 Å². The Kier molecular flexibility index (Phi) is 3.65. The molecule has 0 aliphatic heterocycles. The monoisotopic (exact) mass is 347 g/mol. The first-order chi connectivity index (χ1) is 12.5. The first-order valence-corrected chi connectivity index (χ1v) is 8.04. The molecule has 26 heavy (non-hydrogen) atoms. The number of imidazole rings is 1. The van der Waals surface area contributed by atoms with Gasteiger partial charge in [-0.15, -0.1) is 0 Å². The molecule has 0 atom stereocenters. The molecule has 0 radical (unpaired) electrons. The van der Waals surface area contributed by atoms with Crippen LogP contribution in [0.25, 0.3) is 17.0 Å². The first-order valence-electron chi connectivity index (χ1n) is 8.04. The number of nitrogens with two attached hydrogens (primary N) is 1. The molecular formula is C18H17N7O. The molecule has 0 spiro atoms. The number of phenols is 1.